The van der Waals surface area contributed by atoms with Gasteiger partial charge in [0, 0.05) is 61.1 Å². The van der Waals surface area contributed by atoms with Crippen molar-refractivity contribution in [3.8, 4) is 57.1 Å². The summed E-state index contributed by atoms with van der Waals surface area (Å²) in [5.41, 5.74) is 6.15. The van der Waals surface area contributed by atoms with Crippen molar-refractivity contribution in [3.05, 3.63) is 179 Å². The number of hydrogen-bond donors (Lipinski definition) is 22. The Hall–Kier alpha value is -11.4. The van der Waals surface area contributed by atoms with E-state index < -0.39 is 260 Å². The van der Waals surface area contributed by atoms with Gasteiger partial charge in [0.2, 0.25) is 59.3 Å². The van der Waals surface area contributed by atoms with E-state index in [-0.39, 0.29) is 71.7 Å². The number of ether oxygens (including phenoxy) is 6. The number of aliphatic hydroxyl groups excluding tert-OH is 7. The number of nitrogens with zero attached hydrogens (tertiary/aromatic N) is 2. The lowest BCUT2D eigenvalue weighted by atomic mass is 9.85. The molecule has 0 saturated carbocycles. The van der Waals surface area contributed by atoms with Gasteiger partial charge in [-0.3, -0.25) is 53.1 Å². The van der Waals surface area contributed by atoms with Crippen LogP contribution in [0.3, 0.4) is 0 Å². The second kappa shape index (κ2) is 40.7. The molecule has 40 nitrogen and oxygen atoms in total. The minimum absolute atomic E-state index is 0.0482. The van der Waals surface area contributed by atoms with E-state index in [4.69, 9.17) is 80.6 Å². The number of hydrogen-bond acceptors (Lipinski definition) is 30. The van der Waals surface area contributed by atoms with Crippen LogP contribution in [0.25, 0.3) is 17.2 Å². The highest BCUT2D eigenvalue weighted by molar-refractivity contribution is 6.42. The molecule has 127 heavy (non-hydrogen) atoms. The van der Waals surface area contributed by atoms with Crippen LogP contribution in [0.4, 0.5) is 5.82 Å². The van der Waals surface area contributed by atoms with E-state index in [0.717, 1.165) is 66.7 Å². The molecule has 8 heterocycles. The highest BCUT2D eigenvalue weighted by atomic mass is 35.5. The number of likely N-dealkylation sites (N-methyl/N-ethyl adjacent to an activating group) is 1. The van der Waals surface area contributed by atoms with Gasteiger partial charge in [-0.2, -0.15) is 4.98 Å². The van der Waals surface area contributed by atoms with Crippen LogP contribution in [0, 0.1) is 5.92 Å². The molecule has 7 aliphatic rings. The summed E-state index contributed by atoms with van der Waals surface area (Å²) < 4.78 is 40.6. The first kappa shape index (κ1) is 94.7. The third-order valence-corrected chi connectivity index (χ3v) is 22.9. The molecule has 14 rings (SSSR count). The number of hydrazine groups is 1. The van der Waals surface area contributed by atoms with E-state index in [1.54, 1.807) is 25.1 Å². The quantitative estimate of drug-likeness (QED) is 0.0245. The summed E-state index contributed by atoms with van der Waals surface area (Å²) in [5.74, 6) is -16.3. The summed E-state index contributed by atoms with van der Waals surface area (Å²) in [6.45, 7) is 4.74. The Bertz CT molecular complexity index is 5460. The Kier molecular flexibility index (Phi) is 30.4. The van der Waals surface area contributed by atoms with Crippen LogP contribution in [-0.4, -0.2) is 226 Å². The second-order valence-corrected chi connectivity index (χ2v) is 32.8. The number of aromatic hydroxyl groups is 3. The van der Waals surface area contributed by atoms with Crippen LogP contribution >= 0.6 is 46.4 Å². The van der Waals surface area contributed by atoms with Crippen LogP contribution in [-0.2, 0) is 63.9 Å². The lowest BCUT2D eigenvalue weighted by molar-refractivity contribution is -0.334. The number of carbonyl (C=O) groups excluding carboxylic acids is 9. The molecule has 9 amide bonds. The number of benzene rings is 6. The minimum Gasteiger partial charge on any atom is -0.508 e. The van der Waals surface area contributed by atoms with Crippen molar-refractivity contribution in [3.63, 3.8) is 0 Å². The molecule has 18 atom stereocenters. The van der Waals surface area contributed by atoms with E-state index in [1.807, 2.05) is 13.8 Å². The number of phenols is 3. The zero-order valence-corrected chi connectivity index (χ0v) is 71.1. The van der Waals surface area contributed by atoms with Crippen molar-refractivity contribution < 1.29 is 123 Å². The largest absolute Gasteiger partial charge is 0.508 e. The summed E-state index contributed by atoms with van der Waals surface area (Å²) in [6, 6.07) is 5.50. The number of primary amides is 1. The average molecular weight is 1840 g/mol. The van der Waals surface area contributed by atoms with E-state index in [2.05, 4.69) is 63.7 Å². The van der Waals surface area contributed by atoms with Gasteiger partial charge in [0.05, 0.1) is 58.0 Å². The second-order valence-electron chi connectivity index (χ2n) is 31.1. The summed E-state index contributed by atoms with van der Waals surface area (Å²) in [5, 5.41) is 140. The Morgan fingerprint density at radius 3 is 2.00 bits per heavy atom. The normalized spacial score (nSPS) is 25.8. The van der Waals surface area contributed by atoms with Gasteiger partial charge in [-0.05, 0) is 145 Å². The fraction of sp³-hybridized carbons (Fsp3) is 0.386. The number of carbonyl (C=O) groups is 9. The fourth-order valence-corrected chi connectivity index (χ4v) is 15.8. The lowest BCUT2D eigenvalue weighted by Crippen LogP contribution is -2.65. The average Bonchev–Trinajstić information content (AvgIpc) is 0.758. The van der Waals surface area contributed by atoms with Crippen LogP contribution in [0.2, 0.25) is 20.1 Å². The van der Waals surface area contributed by atoms with Crippen LogP contribution in [0.5, 0.6) is 46.0 Å². The van der Waals surface area contributed by atoms with Gasteiger partial charge in [-0.1, -0.05) is 84.5 Å². The number of halogens is 4. The van der Waals surface area contributed by atoms with Crippen molar-refractivity contribution in [1.29, 1.82) is 0 Å². The maximum atomic E-state index is 16.3. The number of phenolic OH excluding ortho intramolecular Hbond substituents is 3. The van der Waals surface area contributed by atoms with Crippen molar-refractivity contribution >= 4 is 111 Å². The zero-order valence-electron chi connectivity index (χ0n) is 68.1. The maximum Gasteiger partial charge on any atom is 0.349 e. The molecule has 23 N–H and O–H groups in total. The molecule has 0 radical (unpaired) electrons. The van der Waals surface area contributed by atoms with Crippen LogP contribution in [0.15, 0.2) is 120 Å². The lowest BCUT2D eigenvalue weighted by Gasteiger charge is -2.48. The molecule has 678 valence electrons. The molecule has 2 fully saturated rings. The molecule has 0 aliphatic carbocycles. The molecule has 2 saturated heterocycles. The molecule has 7 aliphatic heterocycles. The number of rotatable bonds is 23. The molecule has 0 spiro atoms. The Balaban J connectivity index is 0.993. The number of aromatic nitrogens is 2. The number of nitrogens with two attached hydrogens (primary N) is 1. The zero-order chi connectivity index (χ0) is 91.9. The monoisotopic (exact) mass is 1840 g/mol. The summed E-state index contributed by atoms with van der Waals surface area (Å²) in [6.07, 6.45) is -15.6. The number of nitrogens with one attached hydrogen (secondary N) is 11. The van der Waals surface area contributed by atoms with Gasteiger partial charge in [-0.25, -0.2) is 10.2 Å². The van der Waals surface area contributed by atoms with Gasteiger partial charge in [0.15, 0.2) is 23.9 Å². The smallest absolute Gasteiger partial charge is 0.349 e. The predicted octanol–water partition coefficient (Wildman–Crippen LogP) is 1.48. The number of aliphatic hydroxyl groups is 7. The van der Waals surface area contributed by atoms with Gasteiger partial charge < -0.3 is 133 Å². The van der Waals surface area contributed by atoms with Crippen molar-refractivity contribution in [1.82, 2.24) is 62.9 Å². The maximum absolute atomic E-state index is 16.3. The van der Waals surface area contributed by atoms with Gasteiger partial charge in [0.1, 0.15) is 101 Å². The third kappa shape index (κ3) is 21.9. The van der Waals surface area contributed by atoms with E-state index in [9.17, 15) is 75.0 Å². The van der Waals surface area contributed by atoms with Gasteiger partial charge >= 0.3 is 5.69 Å². The summed E-state index contributed by atoms with van der Waals surface area (Å²) in [7, 11) is 1.46. The highest BCUT2D eigenvalue weighted by Gasteiger charge is 2.52. The predicted molar refractivity (Wildman–Crippen MR) is 451 cm³/mol. The Labute approximate surface area is 742 Å². The summed E-state index contributed by atoms with van der Waals surface area (Å²) in [4.78, 5) is 150. The minimum atomic E-state index is -2.40. The molecule has 6 aromatic carbocycles. The highest BCUT2D eigenvalue weighted by Crippen LogP contribution is 2.50. The van der Waals surface area contributed by atoms with E-state index in [1.165, 1.54) is 55.1 Å². The number of fused-ring (bicyclic) bond motifs is 15. The molecule has 11 bridgehead atoms. The molecule has 18 unspecified atom stereocenters. The topological polar surface area (TPSA) is 605 Å². The van der Waals surface area contributed by atoms with Gasteiger partial charge in [0.25, 0.3) is 5.91 Å². The molecular weight excluding hydrogens is 1750 g/mol. The van der Waals surface area contributed by atoms with Crippen molar-refractivity contribution in [2.75, 3.05) is 38.7 Å². The fourth-order valence-electron chi connectivity index (χ4n) is 15.0. The molecule has 44 heteroatoms. The number of amides is 9. The molecule has 7 aromatic rings. The van der Waals surface area contributed by atoms with Crippen molar-refractivity contribution in [2.24, 2.45) is 11.7 Å². The van der Waals surface area contributed by atoms with Crippen LogP contribution in [0.1, 0.15) is 111 Å². The first-order valence-corrected chi connectivity index (χ1v) is 41.2. The Morgan fingerprint density at radius 2 is 1.36 bits per heavy atom. The van der Waals surface area contributed by atoms with Crippen LogP contribution < -0.4 is 84.3 Å². The Morgan fingerprint density at radius 1 is 0.701 bits per heavy atom. The van der Waals surface area contributed by atoms with E-state index in [0.29, 0.717) is 10.6 Å². The first-order valence-electron chi connectivity index (χ1n) is 39.7. The molecule has 1 aromatic heterocycles. The third-order valence-electron chi connectivity index (χ3n) is 21.6. The van der Waals surface area contributed by atoms with Crippen molar-refractivity contribution in [2.45, 2.75) is 163 Å². The van der Waals surface area contributed by atoms with E-state index >= 15 is 24.0 Å². The standard InChI is InChI=1S/C83H92Cl4N14O26/c1-34(2)22-48(89-5)74(114)98-65-67(109)38-9-13-52(46(86)25-38)123-54-27-40-28-55(71(54)127-81-72(70(112)69(111)56(33-103)125-81)126-60-32-83(4,73(113)35(3)122-60)90-17-20-101-19-16-58(94-82(101)121)93-59(108)15-7-36-6-11-44(84)45(85)23-36)124-53-14-10-39(26-47(53)87)68(110)66-79(119)97-64(80(120)100-91-18-21-102)43-29-41(104)30-51(106)61(43)42-24-37(8-12-50(42)105)62(76(116)99-66)96-77(117)63(40)95-75(115)49(31-57(88)107)92-78(65)118/h6-16,19,23-30,34-35,48-49,56,60,62-70,72-73,81,89-91,102-106,109-113H,17-18,20-22,31-33H2,1-5H3,(H2,88,107)(H,92,118)(H,95,115)(H,96,117)(H,97,119)(H,98,114)(H,99,116)(H,100,120)(H,93,94,108,121). The van der Waals surface area contributed by atoms with Gasteiger partial charge in [-0.15, -0.1) is 0 Å². The first-order chi connectivity index (χ1) is 60.3. The summed E-state index contributed by atoms with van der Waals surface area (Å²) >= 11 is 26.5. The molecular formula is C83H92Cl4N14O26. The number of anilines is 1. The SMILES string of the molecule is CNC(CC(C)C)C(=O)NC1C(=O)NC(CC(N)=O)C(=O)NC2C(=O)NC3C(=O)NC(C(=O)NC(C(=O)NNCCO)c4cc(O)cc(O)c4-c4cc3ccc4O)C(O)c3ccc(c(Cl)c3)Oc3cc2cc(c3OC2OC(CO)C(O)C(O)C2OC2CC(C)(NCCn3ccc(NC(=O)C=Cc4ccc(Cl)c(Cl)c4)nc3=O)C(O)C(C)O2)Oc2ccc(cc2Cl)C1O.